The van der Waals surface area contributed by atoms with Gasteiger partial charge in [0.1, 0.15) is 10.8 Å². The second-order valence-electron chi connectivity index (χ2n) is 2.91. The van der Waals surface area contributed by atoms with E-state index in [2.05, 4.69) is 5.32 Å². The van der Waals surface area contributed by atoms with Crippen LogP contribution in [0.15, 0.2) is 18.2 Å². The van der Waals surface area contributed by atoms with Crippen LogP contribution in [0.4, 0.5) is 0 Å². The number of nitrogens with one attached hydrogen (secondary N) is 1. The molecule has 16 heavy (non-hydrogen) atoms. The second kappa shape index (κ2) is 6.58. The number of hydrogen-bond acceptors (Lipinski definition) is 3. The van der Waals surface area contributed by atoms with E-state index in [1.807, 2.05) is 0 Å². The van der Waals surface area contributed by atoms with Crippen LogP contribution in [0.1, 0.15) is 0 Å². The molecule has 6 heteroatoms. The minimum Gasteiger partial charge on any atom is -0.482 e. The van der Waals surface area contributed by atoms with Crippen molar-refractivity contribution in [1.82, 2.24) is 5.32 Å². The smallest absolute Gasteiger partial charge is 0.258 e. The standard InChI is InChI=1S/C10H11Cl2NO3/c11-7-2-1-3-8(10(7)12)16-6-9(15)13-4-5-14/h1-3,14H,4-6H2,(H,13,15). The Labute approximate surface area is 103 Å². The zero-order chi connectivity index (χ0) is 12.0. The molecule has 0 aliphatic rings. The number of hydrogen-bond donors (Lipinski definition) is 2. The number of rotatable bonds is 5. The van der Waals surface area contributed by atoms with Crippen LogP contribution in [-0.4, -0.2) is 30.8 Å². The van der Waals surface area contributed by atoms with E-state index in [-0.39, 0.29) is 30.7 Å². The Bertz CT molecular complexity index is 371. The third-order valence-electron chi connectivity index (χ3n) is 1.71. The third-order valence-corrected chi connectivity index (χ3v) is 2.51. The molecule has 0 unspecified atom stereocenters. The summed E-state index contributed by atoms with van der Waals surface area (Å²) < 4.78 is 5.17. The summed E-state index contributed by atoms with van der Waals surface area (Å²) in [4.78, 5) is 11.1. The van der Waals surface area contributed by atoms with Crippen molar-refractivity contribution in [3.8, 4) is 5.75 Å². The van der Waals surface area contributed by atoms with Gasteiger partial charge in [-0.25, -0.2) is 0 Å². The SMILES string of the molecule is O=C(COc1cccc(Cl)c1Cl)NCCO. The molecule has 2 N–H and O–H groups in total. The normalized spacial score (nSPS) is 9.94. The van der Waals surface area contributed by atoms with Gasteiger partial charge in [0, 0.05) is 6.54 Å². The van der Waals surface area contributed by atoms with Crippen molar-refractivity contribution in [3.63, 3.8) is 0 Å². The first-order valence-electron chi connectivity index (χ1n) is 4.59. The lowest BCUT2D eigenvalue weighted by Crippen LogP contribution is -2.31. The molecule has 0 aliphatic carbocycles. The molecule has 0 fully saturated rings. The van der Waals surface area contributed by atoms with E-state index in [9.17, 15) is 4.79 Å². The van der Waals surface area contributed by atoms with E-state index < -0.39 is 0 Å². The molecular formula is C10H11Cl2NO3. The number of carbonyl (C=O) groups is 1. The first kappa shape index (κ1) is 13.1. The minimum absolute atomic E-state index is 0.107. The fraction of sp³-hybridized carbons (Fsp3) is 0.300. The summed E-state index contributed by atoms with van der Waals surface area (Å²) in [6.45, 7) is -0.0742. The first-order valence-corrected chi connectivity index (χ1v) is 5.35. The Hall–Kier alpha value is -0.970. The number of carbonyl (C=O) groups excluding carboxylic acids is 1. The number of halogens is 2. The summed E-state index contributed by atoms with van der Waals surface area (Å²) in [7, 11) is 0. The van der Waals surface area contributed by atoms with Crippen LogP contribution in [-0.2, 0) is 4.79 Å². The zero-order valence-electron chi connectivity index (χ0n) is 8.37. The van der Waals surface area contributed by atoms with Gasteiger partial charge < -0.3 is 15.2 Å². The van der Waals surface area contributed by atoms with E-state index in [0.29, 0.717) is 10.8 Å². The molecule has 88 valence electrons. The summed E-state index contributed by atoms with van der Waals surface area (Å²) >= 11 is 11.6. The Morgan fingerprint density at radius 1 is 1.44 bits per heavy atom. The summed E-state index contributed by atoms with van der Waals surface area (Å²) in [6, 6.07) is 4.92. The van der Waals surface area contributed by atoms with Crippen LogP contribution in [0.25, 0.3) is 0 Å². The number of ether oxygens (including phenoxy) is 1. The van der Waals surface area contributed by atoms with Crippen LogP contribution in [0.2, 0.25) is 10.0 Å². The summed E-state index contributed by atoms with van der Waals surface area (Å²) in [6.07, 6.45) is 0. The number of aliphatic hydroxyl groups is 1. The highest BCUT2D eigenvalue weighted by atomic mass is 35.5. The molecule has 0 saturated heterocycles. The summed E-state index contributed by atoms with van der Waals surface area (Å²) in [5, 5.41) is 11.6. The Morgan fingerprint density at radius 3 is 2.88 bits per heavy atom. The maximum Gasteiger partial charge on any atom is 0.258 e. The molecule has 0 aliphatic heterocycles. The predicted molar refractivity (Wildman–Crippen MR) is 62.1 cm³/mol. The molecule has 0 saturated carbocycles. The van der Waals surface area contributed by atoms with Gasteiger partial charge in [0.25, 0.3) is 5.91 Å². The third kappa shape index (κ3) is 3.89. The molecule has 0 heterocycles. The molecule has 0 spiro atoms. The first-order chi connectivity index (χ1) is 7.65. The quantitative estimate of drug-likeness (QED) is 0.846. The number of aliphatic hydroxyl groups excluding tert-OH is 1. The maximum absolute atomic E-state index is 11.1. The van der Waals surface area contributed by atoms with Crippen LogP contribution < -0.4 is 10.1 Å². The minimum atomic E-state index is -0.329. The second-order valence-corrected chi connectivity index (χ2v) is 3.70. The largest absolute Gasteiger partial charge is 0.482 e. The molecule has 1 aromatic carbocycles. The molecule has 0 aromatic heterocycles. The van der Waals surface area contributed by atoms with E-state index in [4.69, 9.17) is 33.0 Å². The Balaban J connectivity index is 2.48. The lowest BCUT2D eigenvalue weighted by molar-refractivity contribution is -0.123. The average molecular weight is 264 g/mol. The number of benzene rings is 1. The van der Waals surface area contributed by atoms with Gasteiger partial charge in [-0.15, -0.1) is 0 Å². The van der Waals surface area contributed by atoms with Gasteiger partial charge in [0.2, 0.25) is 0 Å². The van der Waals surface area contributed by atoms with Crippen LogP contribution in [0, 0.1) is 0 Å². The lowest BCUT2D eigenvalue weighted by Gasteiger charge is -2.08. The van der Waals surface area contributed by atoms with Crippen molar-refractivity contribution in [3.05, 3.63) is 28.2 Å². The molecule has 1 aromatic rings. The molecule has 0 bridgehead atoms. The van der Waals surface area contributed by atoms with Crippen LogP contribution in [0.5, 0.6) is 5.75 Å². The fourth-order valence-electron chi connectivity index (χ4n) is 0.985. The van der Waals surface area contributed by atoms with Crippen molar-refractivity contribution >= 4 is 29.1 Å². The van der Waals surface area contributed by atoms with E-state index in [1.54, 1.807) is 18.2 Å². The van der Waals surface area contributed by atoms with Gasteiger partial charge in [-0.1, -0.05) is 29.3 Å². The van der Waals surface area contributed by atoms with E-state index in [1.165, 1.54) is 0 Å². The Kier molecular flexibility index (Phi) is 5.38. The van der Waals surface area contributed by atoms with Crippen LogP contribution in [0.3, 0.4) is 0 Å². The molecule has 0 radical (unpaired) electrons. The van der Waals surface area contributed by atoms with Gasteiger partial charge in [-0.05, 0) is 12.1 Å². The monoisotopic (exact) mass is 263 g/mol. The number of amides is 1. The van der Waals surface area contributed by atoms with Crippen molar-refractivity contribution in [2.45, 2.75) is 0 Å². The van der Waals surface area contributed by atoms with Crippen LogP contribution >= 0.6 is 23.2 Å². The average Bonchev–Trinajstić information content (AvgIpc) is 2.28. The highest BCUT2D eigenvalue weighted by molar-refractivity contribution is 6.42. The molecule has 4 nitrogen and oxygen atoms in total. The molecule has 0 atom stereocenters. The van der Waals surface area contributed by atoms with Crippen molar-refractivity contribution in [2.24, 2.45) is 0 Å². The summed E-state index contributed by atoms with van der Waals surface area (Å²) in [5.74, 6) is 0.0263. The van der Waals surface area contributed by atoms with Gasteiger partial charge >= 0.3 is 0 Å². The van der Waals surface area contributed by atoms with E-state index in [0.717, 1.165) is 0 Å². The van der Waals surface area contributed by atoms with Gasteiger partial charge in [-0.2, -0.15) is 0 Å². The molecule has 1 rings (SSSR count). The van der Waals surface area contributed by atoms with Crippen molar-refractivity contribution < 1.29 is 14.6 Å². The topological polar surface area (TPSA) is 58.6 Å². The van der Waals surface area contributed by atoms with Crippen molar-refractivity contribution in [2.75, 3.05) is 19.8 Å². The maximum atomic E-state index is 11.1. The highest BCUT2D eigenvalue weighted by Crippen LogP contribution is 2.31. The zero-order valence-corrected chi connectivity index (χ0v) is 9.88. The summed E-state index contributed by atoms with van der Waals surface area (Å²) in [5.41, 5.74) is 0. The predicted octanol–water partition coefficient (Wildman–Crippen LogP) is 1.48. The van der Waals surface area contributed by atoms with Gasteiger partial charge in [0.15, 0.2) is 6.61 Å². The van der Waals surface area contributed by atoms with Gasteiger partial charge in [0.05, 0.1) is 11.6 Å². The van der Waals surface area contributed by atoms with Crippen molar-refractivity contribution in [1.29, 1.82) is 0 Å². The highest BCUT2D eigenvalue weighted by Gasteiger charge is 2.07. The molecule has 1 amide bonds. The van der Waals surface area contributed by atoms with Gasteiger partial charge in [-0.3, -0.25) is 4.79 Å². The molecular weight excluding hydrogens is 253 g/mol. The van der Waals surface area contributed by atoms with E-state index >= 15 is 0 Å². The Morgan fingerprint density at radius 2 is 2.19 bits per heavy atom. The lowest BCUT2D eigenvalue weighted by atomic mass is 10.3. The fourth-order valence-corrected chi connectivity index (χ4v) is 1.33.